The summed E-state index contributed by atoms with van der Waals surface area (Å²) in [5, 5.41) is 6.61. The lowest BCUT2D eigenvalue weighted by Crippen LogP contribution is -2.65. The van der Waals surface area contributed by atoms with Crippen LogP contribution in [0.5, 0.6) is 0 Å². The Kier molecular flexibility index (Phi) is 4.69. The van der Waals surface area contributed by atoms with Gasteiger partial charge in [-0.25, -0.2) is 9.31 Å². The van der Waals surface area contributed by atoms with Crippen LogP contribution in [0.15, 0.2) is 36.8 Å². The van der Waals surface area contributed by atoms with Gasteiger partial charge in [-0.1, -0.05) is 6.07 Å². The first-order valence-electron chi connectivity index (χ1n) is 10.5. The van der Waals surface area contributed by atoms with E-state index in [4.69, 9.17) is 4.74 Å². The summed E-state index contributed by atoms with van der Waals surface area (Å²) in [5.74, 6) is -0.0837. The third-order valence-electron chi connectivity index (χ3n) is 6.50. The van der Waals surface area contributed by atoms with Crippen LogP contribution >= 0.6 is 0 Å². The fraction of sp³-hybridized carbons (Fsp3) is 0.409. The molecule has 1 saturated heterocycles. The Labute approximate surface area is 186 Å². The molecular formula is C22H22F3N5O3. The van der Waals surface area contributed by atoms with Gasteiger partial charge in [0.05, 0.1) is 11.8 Å². The molecule has 2 aliphatic rings. The summed E-state index contributed by atoms with van der Waals surface area (Å²) >= 11 is 0. The highest BCUT2D eigenvalue weighted by molar-refractivity contribution is 6.00. The quantitative estimate of drug-likeness (QED) is 0.643. The molecule has 0 atom stereocenters. The SMILES string of the molecule is Cc1ccc(C(F)(F)F)cc1NC(=O)OC1CC2(C1)CN(C(=O)c1cnn3ccn(C)c13)C2. The number of benzene rings is 1. The van der Waals surface area contributed by atoms with Crippen LogP contribution in [-0.2, 0) is 18.0 Å². The second kappa shape index (κ2) is 7.26. The van der Waals surface area contributed by atoms with E-state index in [1.165, 1.54) is 6.07 Å². The Bertz CT molecular complexity index is 1250. The molecule has 2 aromatic heterocycles. The van der Waals surface area contributed by atoms with Gasteiger partial charge in [0.2, 0.25) is 0 Å². The zero-order valence-corrected chi connectivity index (χ0v) is 18.0. The van der Waals surface area contributed by atoms with Gasteiger partial charge < -0.3 is 14.2 Å². The zero-order chi connectivity index (χ0) is 23.5. The Balaban J connectivity index is 1.14. The van der Waals surface area contributed by atoms with Crippen molar-refractivity contribution in [2.24, 2.45) is 12.5 Å². The third kappa shape index (κ3) is 3.70. The van der Waals surface area contributed by atoms with Crippen molar-refractivity contribution in [3.63, 3.8) is 0 Å². The summed E-state index contributed by atoms with van der Waals surface area (Å²) in [6.45, 7) is 2.75. The molecule has 5 rings (SSSR count). The largest absolute Gasteiger partial charge is 0.446 e. The summed E-state index contributed by atoms with van der Waals surface area (Å²) in [4.78, 5) is 26.8. The molecule has 1 spiro atoms. The van der Waals surface area contributed by atoms with Crippen molar-refractivity contribution in [1.29, 1.82) is 0 Å². The number of likely N-dealkylation sites (tertiary alicyclic amines) is 1. The Morgan fingerprint density at radius 2 is 1.94 bits per heavy atom. The fourth-order valence-electron chi connectivity index (χ4n) is 4.75. The van der Waals surface area contributed by atoms with E-state index >= 15 is 0 Å². The molecule has 174 valence electrons. The summed E-state index contributed by atoms with van der Waals surface area (Å²) in [6, 6.07) is 3.17. The Morgan fingerprint density at radius 1 is 1.21 bits per heavy atom. The number of alkyl halides is 3. The number of nitrogens with zero attached hydrogens (tertiary/aromatic N) is 4. The predicted molar refractivity (Wildman–Crippen MR) is 112 cm³/mol. The van der Waals surface area contributed by atoms with Gasteiger partial charge in [-0.2, -0.15) is 18.3 Å². The van der Waals surface area contributed by atoms with Crippen LogP contribution in [0.1, 0.15) is 34.3 Å². The summed E-state index contributed by atoms with van der Waals surface area (Å²) in [7, 11) is 1.85. The van der Waals surface area contributed by atoms with Gasteiger partial charge in [0.25, 0.3) is 5.91 Å². The maximum atomic E-state index is 12.9. The number of rotatable bonds is 3. The number of anilines is 1. The van der Waals surface area contributed by atoms with Crippen molar-refractivity contribution in [3.05, 3.63) is 53.5 Å². The lowest BCUT2D eigenvalue weighted by Gasteiger charge is -2.58. The number of imidazole rings is 1. The van der Waals surface area contributed by atoms with Crippen molar-refractivity contribution in [3.8, 4) is 0 Å². The molecule has 11 heteroatoms. The molecule has 8 nitrogen and oxygen atoms in total. The van der Waals surface area contributed by atoms with Crippen molar-refractivity contribution < 1.29 is 27.5 Å². The number of hydrogen-bond acceptors (Lipinski definition) is 4. The highest BCUT2D eigenvalue weighted by atomic mass is 19.4. The van der Waals surface area contributed by atoms with Gasteiger partial charge in [0.1, 0.15) is 17.3 Å². The van der Waals surface area contributed by atoms with Gasteiger partial charge >= 0.3 is 12.3 Å². The molecular weight excluding hydrogens is 439 g/mol. The number of ether oxygens (including phenoxy) is 1. The predicted octanol–water partition coefficient (Wildman–Crippen LogP) is 3.85. The van der Waals surface area contributed by atoms with E-state index in [-0.39, 0.29) is 23.1 Å². The van der Waals surface area contributed by atoms with Crippen molar-refractivity contribution in [2.45, 2.75) is 32.0 Å². The van der Waals surface area contributed by atoms with Crippen LogP contribution in [0, 0.1) is 12.3 Å². The van der Waals surface area contributed by atoms with E-state index in [0.717, 1.165) is 17.8 Å². The molecule has 33 heavy (non-hydrogen) atoms. The van der Waals surface area contributed by atoms with Gasteiger partial charge in [-0.3, -0.25) is 10.1 Å². The van der Waals surface area contributed by atoms with Gasteiger partial charge in [0, 0.05) is 43.6 Å². The van der Waals surface area contributed by atoms with E-state index in [1.807, 2.05) is 17.8 Å². The number of amides is 2. The van der Waals surface area contributed by atoms with Crippen molar-refractivity contribution in [1.82, 2.24) is 19.1 Å². The molecule has 0 radical (unpaired) electrons. The second-order valence-corrected chi connectivity index (χ2v) is 8.98. The van der Waals surface area contributed by atoms with Crippen molar-refractivity contribution >= 4 is 23.3 Å². The maximum absolute atomic E-state index is 12.9. The molecule has 1 aromatic carbocycles. The van der Waals surface area contributed by atoms with Crippen LogP contribution < -0.4 is 5.32 Å². The lowest BCUT2D eigenvalue weighted by atomic mass is 9.61. The number of nitrogens with one attached hydrogen (secondary N) is 1. The first-order chi connectivity index (χ1) is 15.5. The number of aryl methyl sites for hydroxylation is 2. The van der Waals surface area contributed by atoms with Crippen molar-refractivity contribution in [2.75, 3.05) is 18.4 Å². The molecule has 3 heterocycles. The molecule has 0 unspecified atom stereocenters. The zero-order valence-electron chi connectivity index (χ0n) is 18.0. The molecule has 2 fully saturated rings. The minimum absolute atomic E-state index is 0.0671. The van der Waals surface area contributed by atoms with Crippen LogP contribution in [0.25, 0.3) is 5.65 Å². The topological polar surface area (TPSA) is 80.9 Å². The van der Waals surface area contributed by atoms with Crippen LogP contribution in [0.4, 0.5) is 23.7 Å². The van der Waals surface area contributed by atoms with Gasteiger partial charge in [-0.05, 0) is 37.5 Å². The third-order valence-corrected chi connectivity index (χ3v) is 6.50. The molecule has 1 aliphatic heterocycles. The van der Waals surface area contributed by atoms with Gasteiger partial charge in [0.15, 0.2) is 0 Å². The number of carbonyl (C=O) groups is 2. The second-order valence-electron chi connectivity index (χ2n) is 8.98. The first-order valence-corrected chi connectivity index (χ1v) is 10.5. The highest BCUT2D eigenvalue weighted by Gasteiger charge is 2.55. The lowest BCUT2D eigenvalue weighted by molar-refractivity contribution is -0.137. The van der Waals surface area contributed by atoms with E-state index in [0.29, 0.717) is 37.1 Å². The normalized spacial score (nSPS) is 17.7. The summed E-state index contributed by atoms with van der Waals surface area (Å²) in [5.41, 5.74) is 0.935. The van der Waals surface area contributed by atoms with Crippen LogP contribution in [0.3, 0.4) is 0 Å². The van der Waals surface area contributed by atoms with Gasteiger partial charge in [-0.15, -0.1) is 0 Å². The summed E-state index contributed by atoms with van der Waals surface area (Å²) < 4.78 is 47.6. The summed E-state index contributed by atoms with van der Waals surface area (Å²) in [6.07, 6.45) is 0.790. The number of carbonyl (C=O) groups excluding carboxylic acids is 2. The Hall–Kier alpha value is -3.50. The van der Waals surface area contributed by atoms with E-state index in [2.05, 4.69) is 10.4 Å². The van der Waals surface area contributed by atoms with E-state index in [1.54, 1.807) is 28.7 Å². The standard InChI is InChI=1S/C22H22F3N5O3/c1-13-3-4-14(22(23,24)25)7-17(13)27-20(32)33-15-8-21(9-15)11-29(12-21)19(31)16-10-26-30-6-5-28(2)18(16)30/h3-7,10,15H,8-9,11-12H2,1-2H3,(H,27,32). The maximum Gasteiger partial charge on any atom is 0.416 e. The minimum Gasteiger partial charge on any atom is -0.446 e. The first kappa shape index (κ1) is 21.4. The molecule has 1 saturated carbocycles. The molecule has 1 aliphatic carbocycles. The number of halogens is 3. The number of hydrogen-bond donors (Lipinski definition) is 1. The molecule has 3 aromatic rings. The number of aromatic nitrogens is 3. The monoisotopic (exact) mass is 461 g/mol. The van der Waals surface area contributed by atoms with Crippen LogP contribution in [0.2, 0.25) is 0 Å². The number of fused-ring (bicyclic) bond motifs is 1. The smallest absolute Gasteiger partial charge is 0.416 e. The van der Waals surface area contributed by atoms with E-state index in [9.17, 15) is 22.8 Å². The molecule has 2 amide bonds. The average Bonchev–Trinajstić information content (AvgIpc) is 3.26. The molecule has 0 bridgehead atoms. The average molecular weight is 461 g/mol. The van der Waals surface area contributed by atoms with Crippen LogP contribution in [-0.4, -0.2) is 50.3 Å². The highest BCUT2D eigenvalue weighted by Crippen LogP contribution is 2.50. The fourth-order valence-corrected chi connectivity index (χ4v) is 4.75. The van der Waals surface area contributed by atoms with E-state index < -0.39 is 17.8 Å². The molecule has 1 N–H and O–H groups in total. The minimum atomic E-state index is -4.49. The Morgan fingerprint density at radius 3 is 2.64 bits per heavy atom.